The van der Waals surface area contributed by atoms with E-state index in [1.807, 2.05) is 89.8 Å². The van der Waals surface area contributed by atoms with Crippen LogP contribution in [0.15, 0.2) is 96.7 Å². The number of rotatable bonds is 13. The second-order valence-corrected chi connectivity index (χ2v) is 9.97. The standard InChI is InChI=1S/C34H38N2O5/c1-5-41-32(37)21-24(2)35-33-31(20-15-25-9-7-6-8-10-25)36(34(33)38)28(22-26-11-16-29(39-3)17-12-26)23-27-13-18-30(40-4)19-14-27/h6-21,28,31,33,35H,5,22-23H2,1-4H3. The summed E-state index contributed by atoms with van der Waals surface area (Å²) in [6.45, 7) is 3.83. The molecule has 0 spiro atoms. The number of carbonyl (C=O) groups is 2. The summed E-state index contributed by atoms with van der Waals surface area (Å²) >= 11 is 0. The van der Waals surface area contributed by atoms with E-state index in [2.05, 4.69) is 11.4 Å². The molecule has 1 aliphatic rings. The molecule has 2 unspecified atom stereocenters. The first-order valence-corrected chi connectivity index (χ1v) is 13.8. The van der Waals surface area contributed by atoms with E-state index in [-0.39, 0.29) is 18.0 Å². The molecule has 7 nitrogen and oxygen atoms in total. The zero-order chi connectivity index (χ0) is 29.2. The Kier molecular flexibility index (Phi) is 10.2. The van der Waals surface area contributed by atoms with Gasteiger partial charge in [-0.2, -0.15) is 0 Å². The highest BCUT2D eigenvalue weighted by Crippen LogP contribution is 2.30. The lowest BCUT2D eigenvalue weighted by atomic mass is 9.86. The number of amides is 1. The summed E-state index contributed by atoms with van der Waals surface area (Å²) in [7, 11) is 3.30. The van der Waals surface area contributed by atoms with Gasteiger partial charge in [0.15, 0.2) is 0 Å². The molecule has 0 bridgehead atoms. The summed E-state index contributed by atoms with van der Waals surface area (Å²) in [4.78, 5) is 27.8. The Morgan fingerprint density at radius 1 is 0.902 bits per heavy atom. The Bertz CT molecular complexity index is 1300. The van der Waals surface area contributed by atoms with Gasteiger partial charge in [0.05, 0.1) is 26.9 Å². The number of β-lactam (4-membered cyclic amide) rings is 1. The average Bonchev–Trinajstić information content (AvgIpc) is 2.99. The summed E-state index contributed by atoms with van der Waals surface area (Å²) in [6, 6.07) is 25.1. The predicted molar refractivity (Wildman–Crippen MR) is 161 cm³/mol. The van der Waals surface area contributed by atoms with E-state index in [1.54, 1.807) is 28.1 Å². The zero-order valence-electron chi connectivity index (χ0n) is 24.1. The second kappa shape index (κ2) is 14.2. The minimum absolute atomic E-state index is 0.0173. The van der Waals surface area contributed by atoms with Crippen LogP contribution < -0.4 is 14.8 Å². The SMILES string of the molecule is CCOC(=O)C=C(C)NC1C(=O)N(C(Cc2ccc(OC)cc2)Cc2ccc(OC)cc2)C1C=Cc1ccccc1. The van der Waals surface area contributed by atoms with Gasteiger partial charge in [-0.1, -0.05) is 66.7 Å². The van der Waals surface area contributed by atoms with Gasteiger partial charge in [0, 0.05) is 17.8 Å². The van der Waals surface area contributed by atoms with Crippen LogP contribution in [0.1, 0.15) is 30.5 Å². The Morgan fingerprint density at radius 3 is 1.98 bits per heavy atom. The van der Waals surface area contributed by atoms with Gasteiger partial charge in [-0.3, -0.25) is 4.79 Å². The number of hydrogen-bond donors (Lipinski definition) is 1. The Balaban J connectivity index is 1.65. The van der Waals surface area contributed by atoms with Crippen LogP contribution in [0.3, 0.4) is 0 Å². The van der Waals surface area contributed by atoms with Crippen LogP contribution in [0.2, 0.25) is 0 Å². The quantitative estimate of drug-likeness (QED) is 0.178. The van der Waals surface area contributed by atoms with Gasteiger partial charge in [0.25, 0.3) is 0 Å². The molecule has 214 valence electrons. The first-order chi connectivity index (χ1) is 19.9. The number of nitrogens with zero attached hydrogens (tertiary/aromatic N) is 1. The molecule has 1 N–H and O–H groups in total. The highest BCUT2D eigenvalue weighted by molar-refractivity contribution is 5.91. The molecular formula is C34H38N2O5. The number of nitrogens with one attached hydrogen (secondary N) is 1. The highest BCUT2D eigenvalue weighted by atomic mass is 16.5. The minimum Gasteiger partial charge on any atom is -0.497 e. The van der Waals surface area contributed by atoms with Crippen molar-refractivity contribution in [3.8, 4) is 11.5 Å². The van der Waals surface area contributed by atoms with Crippen molar-refractivity contribution in [2.45, 2.75) is 44.8 Å². The highest BCUT2D eigenvalue weighted by Gasteiger charge is 2.49. The third kappa shape index (κ3) is 7.78. The maximum absolute atomic E-state index is 13.8. The van der Waals surface area contributed by atoms with Gasteiger partial charge in [0.1, 0.15) is 17.5 Å². The molecule has 1 heterocycles. The van der Waals surface area contributed by atoms with E-state index < -0.39 is 12.0 Å². The van der Waals surface area contributed by atoms with E-state index in [9.17, 15) is 9.59 Å². The number of esters is 1. The molecule has 0 saturated carbocycles. The zero-order valence-corrected chi connectivity index (χ0v) is 24.1. The van der Waals surface area contributed by atoms with Crippen LogP contribution in [0.5, 0.6) is 11.5 Å². The maximum atomic E-state index is 13.8. The third-order valence-corrected chi connectivity index (χ3v) is 7.13. The lowest BCUT2D eigenvalue weighted by Gasteiger charge is -2.50. The van der Waals surface area contributed by atoms with Crippen molar-refractivity contribution in [1.82, 2.24) is 10.2 Å². The van der Waals surface area contributed by atoms with Gasteiger partial charge < -0.3 is 24.4 Å². The number of ether oxygens (including phenoxy) is 3. The third-order valence-electron chi connectivity index (χ3n) is 7.13. The number of carbonyl (C=O) groups excluding carboxylic acids is 2. The van der Waals surface area contributed by atoms with E-state index >= 15 is 0 Å². The Hall–Kier alpha value is -4.52. The van der Waals surface area contributed by atoms with Crippen LogP contribution in [0, 0.1) is 0 Å². The second-order valence-electron chi connectivity index (χ2n) is 9.97. The molecule has 1 amide bonds. The molecule has 1 saturated heterocycles. The number of allylic oxidation sites excluding steroid dienone is 1. The molecule has 1 aliphatic heterocycles. The first-order valence-electron chi connectivity index (χ1n) is 13.8. The lowest BCUT2D eigenvalue weighted by molar-refractivity contribution is -0.152. The fourth-order valence-electron chi connectivity index (χ4n) is 5.06. The molecule has 4 rings (SSSR count). The summed E-state index contributed by atoms with van der Waals surface area (Å²) in [5.41, 5.74) is 3.85. The summed E-state index contributed by atoms with van der Waals surface area (Å²) in [6.07, 6.45) is 6.84. The Morgan fingerprint density at radius 2 is 1.46 bits per heavy atom. The maximum Gasteiger partial charge on any atom is 0.332 e. The molecule has 0 aromatic heterocycles. The molecule has 2 atom stereocenters. The van der Waals surface area contributed by atoms with E-state index in [0.29, 0.717) is 25.1 Å². The molecule has 3 aromatic carbocycles. The number of hydrogen-bond acceptors (Lipinski definition) is 6. The molecule has 41 heavy (non-hydrogen) atoms. The average molecular weight is 555 g/mol. The predicted octanol–water partition coefficient (Wildman–Crippen LogP) is 5.21. The van der Waals surface area contributed by atoms with Gasteiger partial charge in [-0.05, 0) is 67.6 Å². The molecule has 1 fully saturated rings. The van der Waals surface area contributed by atoms with Crippen LogP contribution in [-0.4, -0.2) is 55.7 Å². The van der Waals surface area contributed by atoms with E-state index in [1.165, 1.54) is 6.08 Å². The van der Waals surface area contributed by atoms with E-state index in [4.69, 9.17) is 14.2 Å². The van der Waals surface area contributed by atoms with Crippen LogP contribution >= 0.6 is 0 Å². The fourth-order valence-corrected chi connectivity index (χ4v) is 5.06. The summed E-state index contributed by atoms with van der Waals surface area (Å²) in [5.74, 6) is 1.13. The normalized spacial score (nSPS) is 17.0. The number of benzene rings is 3. The van der Waals surface area contributed by atoms with Crippen LogP contribution in [0.25, 0.3) is 6.08 Å². The largest absolute Gasteiger partial charge is 0.497 e. The van der Waals surface area contributed by atoms with Crippen molar-refractivity contribution in [3.05, 3.63) is 113 Å². The minimum atomic E-state index is -0.505. The van der Waals surface area contributed by atoms with Crippen molar-refractivity contribution < 1.29 is 23.8 Å². The number of likely N-dealkylation sites (tertiary alicyclic amines) is 1. The van der Waals surface area contributed by atoms with Crippen molar-refractivity contribution in [1.29, 1.82) is 0 Å². The van der Waals surface area contributed by atoms with Crippen molar-refractivity contribution in [3.63, 3.8) is 0 Å². The first kappa shape index (κ1) is 29.5. The monoisotopic (exact) mass is 554 g/mol. The van der Waals surface area contributed by atoms with E-state index in [0.717, 1.165) is 28.2 Å². The van der Waals surface area contributed by atoms with Gasteiger partial charge in [0.2, 0.25) is 5.91 Å². The van der Waals surface area contributed by atoms with Crippen molar-refractivity contribution in [2.24, 2.45) is 0 Å². The molecular weight excluding hydrogens is 516 g/mol. The van der Waals surface area contributed by atoms with Crippen molar-refractivity contribution in [2.75, 3.05) is 20.8 Å². The number of methoxy groups -OCH3 is 2. The fraction of sp³-hybridized carbons (Fsp3) is 0.294. The Labute approximate surface area is 242 Å². The van der Waals surface area contributed by atoms with Gasteiger partial charge >= 0.3 is 5.97 Å². The van der Waals surface area contributed by atoms with Crippen LogP contribution in [-0.2, 0) is 27.2 Å². The van der Waals surface area contributed by atoms with Crippen LogP contribution in [0.4, 0.5) is 0 Å². The summed E-state index contributed by atoms with van der Waals surface area (Å²) < 4.78 is 15.7. The topological polar surface area (TPSA) is 77.1 Å². The molecule has 7 heteroatoms. The van der Waals surface area contributed by atoms with Gasteiger partial charge in [-0.25, -0.2) is 4.79 Å². The summed E-state index contributed by atoms with van der Waals surface area (Å²) in [5, 5.41) is 3.27. The smallest absolute Gasteiger partial charge is 0.332 e. The van der Waals surface area contributed by atoms with Crippen molar-refractivity contribution >= 4 is 18.0 Å². The molecule has 0 radical (unpaired) electrons. The molecule has 0 aliphatic carbocycles. The lowest BCUT2D eigenvalue weighted by Crippen LogP contribution is -2.72. The molecule has 3 aromatic rings. The van der Waals surface area contributed by atoms with Gasteiger partial charge in [-0.15, -0.1) is 0 Å².